The van der Waals surface area contributed by atoms with Crippen LogP contribution in [-0.2, 0) is 4.79 Å². The van der Waals surface area contributed by atoms with Gasteiger partial charge in [-0.1, -0.05) is 6.92 Å². The van der Waals surface area contributed by atoms with Crippen molar-refractivity contribution >= 4 is 5.91 Å². The van der Waals surface area contributed by atoms with Crippen LogP contribution in [0.15, 0.2) is 0 Å². The molecule has 0 heterocycles. The zero-order chi connectivity index (χ0) is 8.85. The first-order valence-electron chi connectivity index (χ1n) is 3.71. The van der Waals surface area contributed by atoms with Crippen LogP contribution in [0.5, 0.6) is 0 Å². The highest BCUT2D eigenvalue weighted by atomic mass is 16.3. The summed E-state index contributed by atoms with van der Waals surface area (Å²) in [5, 5.41) is 19.7. The molecule has 0 bridgehead atoms. The summed E-state index contributed by atoms with van der Waals surface area (Å²) in [6.45, 7) is 3.24. The molecule has 1 amide bonds. The summed E-state index contributed by atoms with van der Waals surface area (Å²) in [4.78, 5) is 10.8. The number of nitrogens with one attached hydrogen (secondary N) is 1. The third kappa shape index (κ3) is 3.95. The second-order valence-corrected chi connectivity index (χ2v) is 2.52. The summed E-state index contributed by atoms with van der Waals surface area (Å²) in [5.41, 5.74) is 0. The zero-order valence-corrected chi connectivity index (χ0v) is 6.87. The van der Waals surface area contributed by atoms with E-state index in [-0.39, 0.29) is 6.04 Å². The maximum atomic E-state index is 10.8. The predicted molar refractivity (Wildman–Crippen MR) is 41.0 cm³/mol. The van der Waals surface area contributed by atoms with E-state index in [2.05, 4.69) is 5.32 Å². The van der Waals surface area contributed by atoms with Crippen molar-refractivity contribution in [3.05, 3.63) is 0 Å². The number of aliphatic hydroxyl groups excluding tert-OH is 2. The molecule has 0 aliphatic rings. The Labute approximate surface area is 66.2 Å². The van der Waals surface area contributed by atoms with Crippen molar-refractivity contribution in [2.24, 2.45) is 0 Å². The largest absolute Gasteiger partial charge is 0.393 e. The van der Waals surface area contributed by atoms with Crippen LogP contribution in [0.3, 0.4) is 0 Å². The van der Waals surface area contributed by atoms with E-state index in [4.69, 9.17) is 10.2 Å². The molecule has 0 aromatic heterocycles. The maximum absolute atomic E-state index is 10.8. The molecule has 3 N–H and O–H groups in total. The van der Waals surface area contributed by atoms with E-state index in [0.717, 1.165) is 6.42 Å². The number of carbonyl (C=O) groups is 1. The Hall–Kier alpha value is -0.610. The van der Waals surface area contributed by atoms with Gasteiger partial charge in [-0.3, -0.25) is 4.79 Å². The van der Waals surface area contributed by atoms with Gasteiger partial charge in [0.25, 0.3) is 5.91 Å². The molecule has 4 nitrogen and oxygen atoms in total. The molecule has 0 fully saturated rings. The van der Waals surface area contributed by atoms with Gasteiger partial charge in [-0.15, -0.1) is 0 Å². The molecule has 0 aromatic carbocycles. The summed E-state index contributed by atoms with van der Waals surface area (Å²) in [6.07, 6.45) is -0.479. The lowest BCUT2D eigenvalue weighted by atomic mass is 10.2. The van der Waals surface area contributed by atoms with Crippen LogP contribution in [0, 0.1) is 0 Å². The van der Waals surface area contributed by atoms with Crippen LogP contribution in [0.25, 0.3) is 0 Å². The number of hydrogen-bond donors (Lipinski definition) is 3. The molecule has 0 saturated heterocycles. The Bertz CT molecular complexity index is 127. The van der Waals surface area contributed by atoms with Crippen LogP contribution in [0.1, 0.15) is 20.3 Å². The first-order chi connectivity index (χ1) is 5.11. The molecule has 2 atom stereocenters. The van der Waals surface area contributed by atoms with E-state index in [1.807, 2.05) is 13.8 Å². The summed E-state index contributed by atoms with van der Waals surface area (Å²) in [7, 11) is 0. The summed E-state index contributed by atoms with van der Waals surface area (Å²) in [5.74, 6) is -0.512. The molecule has 0 saturated carbocycles. The lowest BCUT2D eigenvalue weighted by Crippen LogP contribution is -2.41. The minimum atomic E-state index is -1.29. The molecule has 0 aliphatic heterocycles. The lowest BCUT2D eigenvalue weighted by molar-refractivity contribution is -0.131. The molecule has 66 valence electrons. The normalized spacial score (nSPS) is 15.6. The van der Waals surface area contributed by atoms with Gasteiger partial charge in [0, 0.05) is 6.04 Å². The third-order valence-corrected chi connectivity index (χ3v) is 1.48. The summed E-state index contributed by atoms with van der Waals surface area (Å²) in [6, 6.07) is 0.0451. The maximum Gasteiger partial charge on any atom is 0.251 e. The highest BCUT2D eigenvalue weighted by Crippen LogP contribution is 1.89. The molecular weight excluding hydrogens is 146 g/mol. The number of hydrogen-bond acceptors (Lipinski definition) is 3. The van der Waals surface area contributed by atoms with Crippen LogP contribution < -0.4 is 5.32 Å². The lowest BCUT2D eigenvalue weighted by Gasteiger charge is -2.13. The Morgan fingerprint density at radius 1 is 1.64 bits per heavy atom. The molecule has 4 heteroatoms. The van der Waals surface area contributed by atoms with Crippen LogP contribution in [0.4, 0.5) is 0 Å². The Morgan fingerprint density at radius 3 is 2.55 bits per heavy atom. The molecule has 11 heavy (non-hydrogen) atoms. The Kier molecular flexibility index (Phi) is 4.81. The average Bonchev–Trinajstić information content (AvgIpc) is 2.02. The first kappa shape index (κ1) is 10.4. The fourth-order valence-corrected chi connectivity index (χ4v) is 0.524. The number of amides is 1. The van der Waals surface area contributed by atoms with Gasteiger partial charge in [0.15, 0.2) is 6.10 Å². The highest BCUT2D eigenvalue weighted by molar-refractivity contribution is 5.80. The van der Waals surface area contributed by atoms with Gasteiger partial charge >= 0.3 is 0 Å². The third-order valence-electron chi connectivity index (χ3n) is 1.48. The van der Waals surface area contributed by atoms with Gasteiger partial charge < -0.3 is 15.5 Å². The minimum absolute atomic E-state index is 0.0451. The Morgan fingerprint density at radius 2 is 2.18 bits per heavy atom. The van der Waals surface area contributed by atoms with E-state index in [0.29, 0.717) is 0 Å². The summed E-state index contributed by atoms with van der Waals surface area (Å²) < 4.78 is 0. The number of rotatable bonds is 4. The highest BCUT2D eigenvalue weighted by Gasteiger charge is 2.14. The van der Waals surface area contributed by atoms with E-state index >= 15 is 0 Å². The molecule has 2 unspecified atom stereocenters. The number of aliphatic hydroxyl groups is 2. The van der Waals surface area contributed by atoms with E-state index in [1.54, 1.807) is 0 Å². The molecule has 0 spiro atoms. The minimum Gasteiger partial charge on any atom is -0.393 e. The Balaban J connectivity index is 3.68. The van der Waals surface area contributed by atoms with Gasteiger partial charge in [-0.05, 0) is 13.3 Å². The van der Waals surface area contributed by atoms with Crippen LogP contribution in [0.2, 0.25) is 0 Å². The van der Waals surface area contributed by atoms with Crippen LogP contribution >= 0.6 is 0 Å². The molecular formula is C7H15NO3. The summed E-state index contributed by atoms with van der Waals surface area (Å²) >= 11 is 0. The van der Waals surface area contributed by atoms with Gasteiger partial charge in [-0.2, -0.15) is 0 Å². The van der Waals surface area contributed by atoms with Crippen molar-refractivity contribution in [2.45, 2.75) is 32.4 Å². The van der Waals surface area contributed by atoms with Crippen molar-refractivity contribution < 1.29 is 15.0 Å². The number of carbonyl (C=O) groups excluding carboxylic acids is 1. The van der Waals surface area contributed by atoms with E-state index < -0.39 is 18.6 Å². The molecule has 0 aromatic rings. The van der Waals surface area contributed by atoms with Crippen molar-refractivity contribution in [1.82, 2.24) is 5.32 Å². The van der Waals surface area contributed by atoms with Gasteiger partial charge in [-0.25, -0.2) is 0 Å². The zero-order valence-electron chi connectivity index (χ0n) is 6.87. The van der Waals surface area contributed by atoms with Crippen molar-refractivity contribution in [3.8, 4) is 0 Å². The van der Waals surface area contributed by atoms with E-state index in [1.165, 1.54) is 0 Å². The average molecular weight is 161 g/mol. The van der Waals surface area contributed by atoms with Gasteiger partial charge in [0.2, 0.25) is 0 Å². The predicted octanol–water partition coefficient (Wildman–Crippen LogP) is -0.746. The van der Waals surface area contributed by atoms with Crippen molar-refractivity contribution in [3.63, 3.8) is 0 Å². The molecule has 0 rings (SSSR count). The SMILES string of the molecule is CCC(C)NC(=O)C(O)CO. The van der Waals surface area contributed by atoms with Crippen molar-refractivity contribution in [2.75, 3.05) is 6.61 Å². The monoisotopic (exact) mass is 161 g/mol. The van der Waals surface area contributed by atoms with Gasteiger partial charge in [0.1, 0.15) is 0 Å². The smallest absolute Gasteiger partial charge is 0.251 e. The first-order valence-corrected chi connectivity index (χ1v) is 3.71. The fourth-order valence-electron chi connectivity index (χ4n) is 0.524. The quantitative estimate of drug-likeness (QED) is 0.508. The second-order valence-electron chi connectivity index (χ2n) is 2.52. The standard InChI is InChI=1S/C7H15NO3/c1-3-5(2)8-7(11)6(10)4-9/h5-6,9-10H,3-4H2,1-2H3,(H,8,11). The molecule has 0 aliphatic carbocycles. The van der Waals surface area contributed by atoms with Crippen LogP contribution in [-0.4, -0.2) is 34.9 Å². The van der Waals surface area contributed by atoms with Gasteiger partial charge in [0.05, 0.1) is 6.61 Å². The fraction of sp³-hybridized carbons (Fsp3) is 0.857. The van der Waals surface area contributed by atoms with E-state index in [9.17, 15) is 4.79 Å². The van der Waals surface area contributed by atoms with Crippen molar-refractivity contribution in [1.29, 1.82) is 0 Å². The topological polar surface area (TPSA) is 69.6 Å². The second kappa shape index (κ2) is 5.09. The molecule has 0 radical (unpaired) electrons.